The van der Waals surface area contributed by atoms with Crippen LogP contribution in [0.4, 0.5) is 14.6 Å². The molecule has 0 unspecified atom stereocenters. The van der Waals surface area contributed by atoms with E-state index < -0.39 is 11.6 Å². The Morgan fingerprint density at radius 2 is 1.75 bits per heavy atom. The van der Waals surface area contributed by atoms with Gasteiger partial charge in [-0.25, -0.2) is 24.6 Å². The van der Waals surface area contributed by atoms with E-state index in [4.69, 9.17) is 5.84 Å². The van der Waals surface area contributed by atoms with E-state index in [1.165, 1.54) is 12.1 Å². The molecule has 0 aliphatic carbocycles. The van der Waals surface area contributed by atoms with Crippen LogP contribution in [0.1, 0.15) is 0 Å². The molecule has 3 aromatic rings. The molecule has 0 saturated heterocycles. The van der Waals surface area contributed by atoms with Gasteiger partial charge >= 0.3 is 0 Å². The van der Waals surface area contributed by atoms with Crippen LogP contribution in [0.3, 0.4) is 0 Å². The van der Waals surface area contributed by atoms with E-state index in [2.05, 4.69) is 15.4 Å². The van der Waals surface area contributed by atoms with Crippen molar-refractivity contribution in [2.24, 2.45) is 5.84 Å². The average Bonchev–Trinajstić information content (AvgIpc) is 2.49. The van der Waals surface area contributed by atoms with E-state index >= 15 is 0 Å². The minimum atomic E-state index is -0.981. The van der Waals surface area contributed by atoms with Gasteiger partial charge in [-0.05, 0) is 24.3 Å². The molecule has 0 radical (unpaired) electrons. The predicted molar refractivity (Wildman–Crippen MR) is 72.7 cm³/mol. The normalized spacial score (nSPS) is 10.8. The van der Waals surface area contributed by atoms with E-state index in [9.17, 15) is 8.78 Å². The summed E-state index contributed by atoms with van der Waals surface area (Å²) in [7, 11) is 0. The van der Waals surface area contributed by atoms with Crippen LogP contribution in [-0.2, 0) is 0 Å². The Balaban J connectivity index is 2.29. The van der Waals surface area contributed by atoms with Gasteiger partial charge in [0.2, 0.25) is 0 Å². The number of nitrogens with two attached hydrogens (primary N) is 1. The lowest BCUT2D eigenvalue weighted by atomic mass is 10.1. The maximum Gasteiger partial charge on any atom is 0.169 e. The summed E-state index contributed by atoms with van der Waals surface area (Å²) in [6.07, 6.45) is 0. The number of para-hydroxylation sites is 1. The first-order chi connectivity index (χ1) is 9.70. The molecule has 4 nitrogen and oxygen atoms in total. The number of hydrogen-bond donors (Lipinski definition) is 2. The molecule has 2 aromatic carbocycles. The smallest absolute Gasteiger partial charge is 0.169 e. The highest BCUT2D eigenvalue weighted by atomic mass is 19.2. The molecule has 1 heterocycles. The molecule has 20 heavy (non-hydrogen) atoms. The summed E-state index contributed by atoms with van der Waals surface area (Å²) in [4.78, 5) is 8.38. The first-order valence-corrected chi connectivity index (χ1v) is 5.88. The molecule has 0 atom stereocenters. The zero-order chi connectivity index (χ0) is 14.1. The van der Waals surface area contributed by atoms with Gasteiger partial charge in [0.1, 0.15) is 0 Å². The fraction of sp³-hybridized carbons (Fsp3) is 0. The monoisotopic (exact) mass is 272 g/mol. The van der Waals surface area contributed by atoms with Crippen LogP contribution in [-0.4, -0.2) is 9.97 Å². The number of halogens is 2. The number of nitrogens with one attached hydrogen (secondary N) is 1. The number of benzene rings is 2. The van der Waals surface area contributed by atoms with Crippen molar-refractivity contribution in [1.29, 1.82) is 0 Å². The maximum absolute atomic E-state index is 13.8. The largest absolute Gasteiger partial charge is 0.308 e. The average molecular weight is 272 g/mol. The van der Waals surface area contributed by atoms with Crippen molar-refractivity contribution in [3.63, 3.8) is 0 Å². The van der Waals surface area contributed by atoms with Crippen molar-refractivity contribution in [1.82, 2.24) is 9.97 Å². The van der Waals surface area contributed by atoms with Crippen molar-refractivity contribution in [2.75, 3.05) is 5.43 Å². The Hall–Kier alpha value is -2.60. The summed E-state index contributed by atoms with van der Waals surface area (Å²) in [6.45, 7) is 0. The lowest BCUT2D eigenvalue weighted by molar-refractivity contribution is 0.510. The van der Waals surface area contributed by atoms with Gasteiger partial charge in [-0.2, -0.15) is 0 Å². The highest BCUT2D eigenvalue weighted by Gasteiger charge is 2.14. The van der Waals surface area contributed by atoms with E-state index in [1.54, 1.807) is 18.2 Å². The first-order valence-electron chi connectivity index (χ1n) is 5.88. The van der Waals surface area contributed by atoms with Crippen molar-refractivity contribution in [2.45, 2.75) is 0 Å². The molecule has 6 heteroatoms. The van der Waals surface area contributed by atoms with Gasteiger partial charge in [-0.3, -0.25) is 0 Å². The third-order valence-corrected chi connectivity index (χ3v) is 2.93. The number of fused-ring (bicyclic) bond motifs is 1. The quantitative estimate of drug-likeness (QED) is 0.556. The highest BCUT2D eigenvalue weighted by molar-refractivity contribution is 5.90. The highest BCUT2D eigenvalue weighted by Crippen LogP contribution is 2.26. The molecule has 3 rings (SSSR count). The SMILES string of the molecule is NNc1nc(-c2cccc(F)c2F)nc2ccccc12. The third-order valence-electron chi connectivity index (χ3n) is 2.93. The summed E-state index contributed by atoms with van der Waals surface area (Å²) in [5.41, 5.74) is 3.03. The lowest BCUT2D eigenvalue weighted by Crippen LogP contribution is -2.10. The molecular formula is C14H10F2N4. The fourth-order valence-corrected chi connectivity index (χ4v) is 1.98. The van der Waals surface area contributed by atoms with Gasteiger partial charge in [0.25, 0.3) is 0 Å². The molecule has 0 bridgehead atoms. The molecule has 0 amide bonds. The summed E-state index contributed by atoms with van der Waals surface area (Å²) in [6, 6.07) is 11.0. The molecule has 0 saturated carbocycles. The standard InChI is InChI=1S/C14H10F2N4/c15-10-6-3-5-9(12(10)16)13-18-11-7-2-1-4-8(11)14(19-13)20-17/h1-7H,17H2,(H,18,19,20). The number of aromatic nitrogens is 2. The zero-order valence-corrected chi connectivity index (χ0v) is 10.3. The number of hydrazine groups is 1. The Kier molecular flexibility index (Phi) is 3.00. The molecule has 3 N–H and O–H groups in total. The van der Waals surface area contributed by atoms with Crippen molar-refractivity contribution >= 4 is 16.7 Å². The molecule has 0 aliphatic heterocycles. The number of rotatable bonds is 2. The number of anilines is 1. The van der Waals surface area contributed by atoms with Gasteiger partial charge in [-0.15, -0.1) is 0 Å². The number of nitrogen functional groups attached to an aromatic ring is 1. The second-order valence-corrected chi connectivity index (χ2v) is 4.16. The lowest BCUT2D eigenvalue weighted by Gasteiger charge is -2.08. The molecule has 100 valence electrons. The van der Waals surface area contributed by atoms with Crippen molar-refractivity contribution in [3.05, 3.63) is 54.1 Å². The van der Waals surface area contributed by atoms with E-state index in [0.717, 1.165) is 6.07 Å². The van der Waals surface area contributed by atoms with Crippen LogP contribution in [0.2, 0.25) is 0 Å². The van der Waals surface area contributed by atoms with E-state index in [-0.39, 0.29) is 11.4 Å². The molecular weight excluding hydrogens is 262 g/mol. The second kappa shape index (κ2) is 4.82. The number of nitrogens with zero attached hydrogens (tertiary/aromatic N) is 2. The topological polar surface area (TPSA) is 63.8 Å². The summed E-state index contributed by atoms with van der Waals surface area (Å²) in [5, 5.41) is 0.704. The van der Waals surface area contributed by atoms with Gasteiger partial charge in [0.15, 0.2) is 23.3 Å². The van der Waals surface area contributed by atoms with Gasteiger partial charge in [0, 0.05) is 5.39 Å². The summed E-state index contributed by atoms with van der Waals surface area (Å²) < 4.78 is 27.1. The van der Waals surface area contributed by atoms with Gasteiger partial charge < -0.3 is 5.43 Å². The zero-order valence-electron chi connectivity index (χ0n) is 10.3. The molecule has 1 aromatic heterocycles. The third kappa shape index (κ3) is 1.96. The minimum absolute atomic E-state index is 0.00717. The summed E-state index contributed by atoms with van der Waals surface area (Å²) in [5.74, 6) is 3.93. The van der Waals surface area contributed by atoms with Crippen LogP contribution in [0.5, 0.6) is 0 Å². The van der Waals surface area contributed by atoms with Crippen LogP contribution >= 0.6 is 0 Å². The Morgan fingerprint density at radius 3 is 2.55 bits per heavy atom. The fourth-order valence-electron chi connectivity index (χ4n) is 1.98. The van der Waals surface area contributed by atoms with Crippen LogP contribution in [0.15, 0.2) is 42.5 Å². The molecule has 0 aliphatic rings. The van der Waals surface area contributed by atoms with Crippen LogP contribution < -0.4 is 11.3 Å². The molecule has 0 fully saturated rings. The predicted octanol–water partition coefficient (Wildman–Crippen LogP) is 2.86. The number of hydrogen-bond acceptors (Lipinski definition) is 4. The van der Waals surface area contributed by atoms with E-state index in [1.807, 2.05) is 6.07 Å². The second-order valence-electron chi connectivity index (χ2n) is 4.16. The Labute approximate surface area is 113 Å². The summed E-state index contributed by atoms with van der Waals surface area (Å²) >= 11 is 0. The minimum Gasteiger partial charge on any atom is -0.308 e. The maximum atomic E-state index is 13.8. The Morgan fingerprint density at radius 1 is 0.950 bits per heavy atom. The Bertz CT molecular complexity index is 789. The molecule has 0 spiro atoms. The van der Waals surface area contributed by atoms with Crippen molar-refractivity contribution < 1.29 is 8.78 Å². The van der Waals surface area contributed by atoms with Crippen LogP contribution in [0, 0.1) is 11.6 Å². The van der Waals surface area contributed by atoms with Crippen LogP contribution in [0.25, 0.3) is 22.3 Å². The van der Waals surface area contributed by atoms with Gasteiger partial charge in [-0.1, -0.05) is 18.2 Å². The van der Waals surface area contributed by atoms with Crippen molar-refractivity contribution in [3.8, 4) is 11.4 Å². The first kappa shape index (κ1) is 12.4. The van der Waals surface area contributed by atoms with Gasteiger partial charge in [0.05, 0.1) is 11.1 Å². The van der Waals surface area contributed by atoms with E-state index in [0.29, 0.717) is 16.7 Å².